The maximum atomic E-state index is 12.9. The van der Waals surface area contributed by atoms with Crippen LogP contribution in [0.3, 0.4) is 0 Å². The Balaban J connectivity index is 1.60. The molecule has 1 heterocycles. The molecule has 1 N–H and O–H groups in total. The van der Waals surface area contributed by atoms with Crippen LogP contribution in [0.4, 0.5) is 4.39 Å². The SMILES string of the molecule is CC1CCC(NCc2ccc(-c3ccc(F)cc3)o2)C1. The van der Waals surface area contributed by atoms with Crippen LogP contribution < -0.4 is 5.32 Å². The number of nitrogens with one attached hydrogen (secondary N) is 1. The van der Waals surface area contributed by atoms with Crippen LogP contribution in [0.5, 0.6) is 0 Å². The highest BCUT2D eigenvalue weighted by atomic mass is 19.1. The first-order chi connectivity index (χ1) is 9.70. The number of halogens is 1. The van der Waals surface area contributed by atoms with Crippen LogP contribution in [0.15, 0.2) is 40.8 Å². The van der Waals surface area contributed by atoms with Crippen LogP contribution in [-0.2, 0) is 6.54 Å². The van der Waals surface area contributed by atoms with Gasteiger partial charge < -0.3 is 9.73 Å². The summed E-state index contributed by atoms with van der Waals surface area (Å²) in [5, 5.41) is 3.55. The summed E-state index contributed by atoms with van der Waals surface area (Å²) in [6, 6.07) is 10.9. The minimum Gasteiger partial charge on any atom is -0.460 e. The lowest BCUT2D eigenvalue weighted by molar-refractivity contribution is 0.445. The highest BCUT2D eigenvalue weighted by molar-refractivity contribution is 5.57. The van der Waals surface area contributed by atoms with E-state index in [0.717, 1.165) is 29.5 Å². The third-order valence-corrected chi connectivity index (χ3v) is 4.05. The molecule has 106 valence electrons. The highest BCUT2D eigenvalue weighted by Crippen LogP contribution is 2.26. The van der Waals surface area contributed by atoms with Gasteiger partial charge >= 0.3 is 0 Å². The summed E-state index contributed by atoms with van der Waals surface area (Å²) in [5.74, 6) is 2.34. The van der Waals surface area contributed by atoms with Crippen molar-refractivity contribution < 1.29 is 8.81 Å². The molecule has 2 nitrogen and oxygen atoms in total. The summed E-state index contributed by atoms with van der Waals surface area (Å²) in [6.07, 6.45) is 3.83. The summed E-state index contributed by atoms with van der Waals surface area (Å²) in [6.45, 7) is 3.07. The third kappa shape index (κ3) is 3.10. The Morgan fingerprint density at radius 3 is 2.65 bits per heavy atom. The third-order valence-electron chi connectivity index (χ3n) is 4.05. The molecular weight excluding hydrogens is 253 g/mol. The first-order valence-electron chi connectivity index (χ1n) is 7.29. The zero-order valence-electron chi connectivity index (χ0n) is 11.7. The molecule has 0 aliphatic heterocycles. The van der Waals surface area contributed by atoms with Crippen molar-refractivity contribution in [3.05, 3.63) is 48.0 Å². The molecule has 0 bridgehead atoms. The summed E-state index contributed by atoms with van der Waals surface area (Å²) in [7, 11) is 0. The molecule has 1 aromatic carbocycles. The van der Waals surface area contributed by atoms with Gasteiger partial charge in [0.25, 0.3) is 0 Å². The second-order valence-electron chi connectivity index (χ2n) is 5.77. The quantitative estimate of drug-likeness (QED) is 0.895. The van der Waals surface area contributed by atoms with Gasteiger partial charge in [0.1, 0.15) is 17.3 Å². The average Bonchev–Trinajstić information content (AvgIpc) is 3.06. The van der Waals surface area contributed by atoms with Gasteiger partial charge in [-0.15, -0.1) is 0 Å². The predicted octanol–water partition coefficient (Wildman–Crippen LogP) is 4.36. The predicted molar refractivity (Wildman–Crippen MR) is 77.7 cm³/mol. The minimum absolute atomic E-state index is 0.224. The molecule has 3 rings (SSSR count). The maximum absolute atomic E-state index is 12.9. The molecule has 0 spiro atoms. The standard InChI is InChI=1S/C17H20FNO/c1-12-2-7-15(10-12)19-11-16-8-9-17(20-16)13-3-5-14(18)6-4-13/h3-6,8-9,12,15,19H,2,7,10-11H2,1H3. The van der Waals surface area contributed by atoms with Crippen molar-refractivity contribution in [1.29, 1.82) is 0 Å². The first-order valence-corrected chi connectivity index (χ1v) is 7.29. The number of furan rings is 1. The maximum Gasteiger partial charge on any atom is 0.134 e. The Bertz CT molecular complexity index is 561. The lowest BCUT2D eigenvalue weighted by atomic mass is 10.1. The van der Waals surface area contributed by atoms with E-state index in [1.807, 2.05) is 12.1 Å². The van der Waals surface area contributed by atoms with E-state index in [-0.39, 0.29) is 5.82 Å². The summed E-state index contributed by atoms with van der Waals surface area (Å²) in [4.78, 5) is 0. The second-order valence-corrected chi connectivity index (χ2v) is 5.77. The molecule has 2 aromatic rings. The molecule has 0 amide bonds. The molecule has 1 aromatic heterocycles. The molecule has 1 saturated carbocycles. The molecule has 1 aliphatic carbocycles. The highest BCUT2D eigenvalue weighted by Gasteiger charge is 2.20. The van der Waals surface area contributed by atoms with Crippen molar-refractivity contribution in [1.82, 2.24) is 5.32 Å². The number of hydrogen-bond donors (Lipinski definition) is 1. The van der Waals surface area contributed by atoms with Crippen LogP contribution in [0.1, 0.15) is 31.9 Å². The van der Waals surface area contributed by atoms with Crippen LogP contribution in [0.25, 0.3) is 11.3 Å². The Morgan fingerprint density at radius 1 is 1.15 bits per heavy atom. The topological polar surface area (TPSA) is 25.2 Å². The fraction of sp³-hybridized carbons (Fsp3) is 0.412. The van der Waals surface area contributed by atoms with Crippen molar-refractivity contribution >= 4 is 0 Å². The van der Waals surface area contributed by atoms with E-state index in [2.05, 4.69) is 12.2 Å². The van der Waals surface area contributed by atoms with Crippen molar-refractivity contribution in [2.45, 2.75) is 38.8 Å². The molecule has 20 heavy (non-hydrogen) atoms. The Labute approximate surface area is 119 Å². The van der Waals surface area contributed by atoms with Gasteiger partial charge in [0.05, 0.1) is 6.54 Å². The van der Waals surface area contributed by atoms with Crippen LogP contribution in [0.2, 0.25) is 0 Å². The van der Waals surface area contributed by atoms with Crippen LogP contribution in [0, 0.1) is 11.7 Å². The Kier molecular flexibility index (Phi) is 3.88. The lowest BCUT2D eigenvalue weighted by Gasteiger charge is -2.10. The van der Waals surface area contributed by atoms with Gasteiger partial charge in [-0.1, -0.05) is 6.92 Å². The van der Waals surface area contributed by atoms with E-state index in [1.54, 1.807) is 12.1 Å². The zero-order valence-corrected chi connectivity index (χ0v) is 11.7. The van der Waals surface area contributed by atoms with Crippen LogP contribution >= 0.6 is 0 Å². The van der Waals surface area contributed by atoms with E-state index < -0.39 is 0 Å². The lowest BCUT2D eigenvalue weighted by Crippen LogP contribution is -2.25. The fourth-order valence-electron chi connectivity index (χ4n) is 2.88. The van der Waals surface area contributed by atoms with Gasteiger partial charge in [-0.2, -0.15) is 0 Å². The molecule has 0 saturated heterocycles. The smallest absolute Gasteiger partial charge is 0.134 e. The minimum atomic E-state index is -0.224. The number of benzene rings is 1. The molecule has 1 fully saturated rings. The monoisotopic (exact) mass is 273 g/mol. The number of rotatable bonds is 4. The normalized spacial score (nSPS) is 22.3. The van der Waals surface area contributed by atoms with E-state index in [1.165, 1.54) is 31.4 Å². The van der Waals surface area contributed by atoms with Crippen LogP contribution in [-0.4, -0.2) is 6.04 Å². The van der Waals surface area contributed by atoms with Gasteiger partial charge in [0, 0.05) is 11.6 Å². The molecule has 2 atom stereocenters. The van der Waals surface area contributed by atoms with Gasteiger partial charge in [0.2, 0.25) is 0 Å². The average molecular weight is 273 g/mol. The number of hydrogen-bond acceptors (Lipinski definition) is 2. The molecule has 2 unspecified atom stereocenters. The summed E-state index contributed by atoms with van der Waals surface area (Å²) in [5.41, 5.74) is 0.909. The van der Waals surface area contributed by atoms with Crippen molar-refractivity contribution in [3.8, 4) is 11.3 Å². The van der Waals surface area contributed by atoms with Gasteiger partial charge in [-0.05, 0) is 61.6 Å². The Morgan fingerprint density at radius 2 is 1.95 bits per heavy atom. The van der Waals surface area contributed by atoms with Gasteiger partial charge in [0.15, 0.2) is 0 Å². The van der Waals surface area contributed by atoms with E-state index in [9.17, 15) is 4.39 Å². The molecule has 1 aliphatic rings. The van der Waals surface area contributed by atoms with Crippen molar-refractivity contribution in [3.63, 3.8) is 0 Å². The van der Waals surface area contributed by atoms with Crippen molar-refractivity contribution in [2.75, 3.05) is 0 Å². The Hall–Kier alpha value is -1.61. The van der Waals surface area contributed by atoms with Gasteiger partial charge in [-0.25, -0.2) is 4.39 Å². The zero-order chi connectivity index (χ0) is 13.9. The first kappa shape index (κ1) is 13.4. The second kappa shape index (κ2) is 5.80. The molecule has 0 radical (unpaired) electrons. The van der Waals surface area contributed by atoms with E-state index in [4.69, 9.17) is 4.42 Å². The molecular formula is C17H20FNO. The fourth-order valence-corrected chi connectivity index (χ4v) is 2.88. The van der Waals surface area contributed by atoms with E-state index in [0.29, 0.717) is 6.04 Å². The summed E-state index contributed by atoms with van der Waals surface area (Å²) < 4.78 is 18.7. The van der Waals surface area contributed by atoms with Gasteiger partial charge in [-0.3, -0.25) is 0 Å². The van der Waals surface area contributed by atoms with Crippen molar-refractivity contribution in [2.24, 2.45) is 5.92 Å². The molecule has 3 heteroatoms. The largest absolute Gasteiger partial charge is 0.460 e. The van der Waals surface area contributed by atoms with E-state index >= 15 is 0 Å². The summed E-state index contributed by atoms with van der Waals surface area (Å²) >= 11 is 0.